The second-order valence-corrected chi connectivity index (χ2v) is 5.01. The molecule has 0 radical (unpaired) electrons. The van der Waals surface area contributed by atoms with Crippen molar-refractivity contribution in [3.8, 4) is 0 Å². The Labute approximate surface area is 124 Å². The van der Waals surface area contributed by atoms with Crippen LogP contribution in [0.2, 0.25) is 0 Å². The van der Waals surface area contributed by atoms with Crippen LogP contribution in [0.15, 0.2) is 54.6 Å². The maximum atomic E-state index is 12.9. The molecule has 2 aromatic carbocycles. The van der Waals surface area contributed by atoms with Crippen molar-refractivity contribution in [2.75, 3.05) is 19.7 Å². The smallest absolute Gasteiger partial charge is 0.123 e. The van der Waals surface area contributed by atoms with Gasteiger partial charge >= 0.3 is 0 Å². The van der Waals surface area contributed by atoms with E-state index in [1.54, 1.807) is 12.1 Å². The molecule has 0 amide bonds. The van der Waals surface area contributed by atoms with Gasteiger partial charge in [-0.1, -0.05) is 42.5 Å². The monoisotopic (exact) mass is 289 g/mol. The predicted octanol–water partition coefficient (Wildman–Crippen LogP) is 2.35. The summed E-state index contributed by atoms with van der Waals surface area (Å²) in [6.07, 6.45) is -0.708. The zero-order valence-electron chi connectivity index (χ0n) is 11.8. The van der Waals surface area contributed by atoms with Crippen LogP contribution in [0, 0.1) is 5.82 Å². The molecule has 21 heavy (non-hydrogen) atoms. The van der Waals surface area contributed by atoms with E-state index in [1.807, 2.05) is 35.2 Å². The molecule has 0 aliphatic heterocycles. The Balaban J connectivity index is 2.00. The van der Waals surface area contributed by atoms with E-state index in [0.29, 0.717) is 25.2 Å². The van der Waals surface area contributed by atoms with Crippen molar-refractivity contribution in [1.82, 2.24) is 4.90 Å². The fourth-order valence-electron chi connectivity index (χ4n) is 2.25. The summed E-state index contributed by atoms with van der Waals surface area (Å²) in [5.74, 6) is -0.317. The Morgan fingerprint density at radius 3 is 2.29 bits per heavy atom. The van der Waals surface area contributed by atoms with E-state index in [4.69, 9.17) is 5.11 Å². The summed E-state index contributed by atoms with van der Waals surface area (Å²) < 4.78 is 12.9. The van der Waals surface area contributed by atoms with Crippen LogP contribution in [0.1, 0.15) is 17.2 Å². The lowest BCUT2D eigenvalue weighted by atomic mass is 10.1. The number of benzene rings is 2. The summed E-state index contributed by atoms with van der Waals surface area (Å²) in [5.41, 5.74) is 1.80. The van der Waals surface area contributed by atoms with Gasteiger partial charge in [0, 0.05) is 19.6 Å². The number of hydrogen-bond acceptors (Lipinski definition) is 3. The minimum atomic E-state index is -0.708. The van der Waals surface area contributed by atoms with Crippen molar-refractivity contribution in [2.45, 2.75) is 12.6 Å². The molecular formula is C17H20FNO2. The van der Waals surface area contributed by atoms with Crippen LogP contribution in [0.3, 0.4) is 0 Å². The van der Waals surface area contributed by atoms with Gasteiger partial charge in [-0.05, 0) is 23.3 Å². The molecule has 0 unspecified atom stereocenters. The summed E-state index contributed by atoms with van der Waals surface area (Å²) in [6.45, 7) is 1.55. The molecule has 0 bridgehead atoms. The van der Waals surface area contributed by atoms with Gasteiger partial charge in [0.05, 0.1) is 12.7 Å². The highest BCUT2D eigenvalue weighted by atomic mass is 19.1. The van der Waals surface area contributed by atoms with Crippen molar-refractivity contribution in [3.63, 3.8) is 0 Å². The normalized spacial score (nSPS) is 12.6. The predicted molar refractivity (Wildman–Crippen MR) is 80.2 cm³/mol. The lowest BCUT2D eigenvalue weighted by Crippen LogP contribution is -2.31. The summed E-state index contributed by atoms with van der Waals surface area (Å²) in [6, 6.07) is 15.7. The van der Waals surface area contributed by atoms with Crippen LogP contribution in [0.25, 0.3) is 0 Å². The Morgan fingerprint density at radius 1 is 1.00 bits per heavy atom. The Kier molecular flexibility index (Phi) is 5.87. The maximum Gasteiger partial charge on any atom is 0.123 e. The standard InChI is InChI=1S/C17H20FNO2/c18-16-8-6-15(7-9-16)17(21)13-19(10-11-20)12-14-4-2-1-3-5-14/h1-9,17,20-21H,10-13H2/t17-/m1/s1. The van der Waals surface area contributed by atoms with E-state index < -0.39 is 6.10 Å². The Morgan fingerprint density at radius 2 is 1.67 bits per heavy atom. The van der Waals surface area contributed by atoms with Gasteiger partial charge in [-0.3, -0.25) is 4.90 Å². The van der Waals surface area contributed by atoms with E-state index in [0.717, 1.165) is 5.56 Å². The van der Waals surface area contributed by atoms with Crippen LogP contribution < -0.4 is 0 Å². The molecule has 0 saturated carbocycles. The molecule has 0 spiro atoms. The third kappa shape index (κ3) is 4.93. The third-order valence-corrected chi connectivity index (χ3v) is 3.35. The van der Waals surface area contributed by atoms with Crippen molar-refractivity contribution < 1.29 is 14.6 Å². The largest absolute Gasteiger partial charge is 0.395 e. The Hall–Kier alpha value is -1.75. The molecular weight excluding hydrogens is 269 g/mol. The molecule has 0 aliphatic rings. The first-order valence-electron chi connectivity index (χ1n) is 6.99. The van der Waals surface area contributed by atoms with Crippen molar-refractivity contribution in [2.24, 2.45) is 0 Å². The van der Waals surface area contributed by atoms with E-state index in [1.165, 1.54) is 12.1 Å². The second kappa shape index (κ2) is 7.88. The van der Waals surface area contributed by atoms with Gasteiger partial charge in [-0.2, -0.15) is 0 Å². The quantitative estimate of drug-likeness (QED) is 0.822. The van der Waals surface area contributed by atoms with Gasteiger partial charge < -0.3 is 10.2 Å². The van der Waals surface area contributed by atoms with Gasteiger partial charge in [0.15, 0.2) is 0 Å². The number of nitrogens with zero attached hydrogens (tertiary/aromatic N) is 1. The van der Waals surface area contributed by atoms with Gasteiger partial charge in [0.1, 0.15) is 5.82 Å². The average molecular weight is 289 g/mol. The molecule has 1 atom stereocenters. The number of hydrogen-bond donors (Lipinski definition) is 2. The van der Waals surface area contributed by atoms with Crippen LogP contribution in [-0.2, 0) is 6.54 Å². The summed E-state index contributed by atoms with van der Waals surface area (Å²) in [4.78, 5) is 1.98. The molecule has 0 saturated heterocycles. The van der Waals surface area contributed by atoms with Crippen LogP contribution in [-0.4, -0.2) is 34.8 Å². The molecule has 0 heterocycles. The Bertz CT molecular complexity index is 530. The first-order chi connectivity index (χ1) is 10.2. The molecule has 4 heteroatoms. The molecule has 0 aliphatic carbocycles. The molecule has 2 N–H and O–H groups in total. The lowest BCUT2D eigenvalue weighted by molar-refractivity contribution is 0.0956. The molecule has 3 nitrogen and oxygen atoms in total. The zero-order valence-corrected chi connectivity index (χ0v) is 11.8. The van der Waals surface area contributed by atoms with Gasteiger partial charge in [-0.25, -0.2) is 4.39 Å². The summed E-state index contributed by atoms with van der Waals surface area (Å²) >= 11 is 0. The zero-order chi connectivity index (χ0) is 15.1. The average Bonchev–Trinajstić information content (AvgIpc) is 2.49. The molecule has 112 valence electrons. The van der Waals surface area contributed by atoms with Gasteiger partial charge in [0.2, 0.25) is 0 Å². The highest BCUT2D eigenvalue weighted by Gasteiger charge is 2.13. The molecule has 2 aromatic rings. The van der Waals surface area contributed by atoms with Crippen molar-refractivity contribution in [1.29, 1.82) is 0 Å². The number of halogens is 1. The van der Waals surface area contributed by atoms with Crippen molar-refractivity contribution in [3.05, 3.63) is 71.5 Å². The minimum Gasteiger partial charge on any atom is -0.395 e. The number of aliphatic hydroxyl groups excluding tert-OH is 2. The fourth-order valence-corrected chi connectivity index (χ4v) is 2.25. The van der Waals surface area contributed by atoms with Crippen LogP contribution in [0.4, 0.5) is 4.39 Å². The van der Waals surface area contributed by atoms with E-state index in [2.05, 4.69) is 0 Å². The second-order valence-electron chi connectivity index (χ2n) is 5.01. The minimum absolute atomic E-state index is 0.0307. The summed E-state index contributed by atoms with van der Waals surface area (Å²) in [7, 11) is 0. The fraction of sp³-hybridized carbons (Fsp3) is 0.294. The first-order valence-corrected chi connectivity index (χ1v) is 6.99. The SMILES string of the molecule is OCCN(Cc1ccccc1)C[C@@H](O)c1ccc(F)cc1. The lowest BCUT2D eigenvalue weighted by Gasteiger charge is -2.24. The summed E-state index contributed by atoms with van der Waals surface area (Å²) in [5, 5.41) is 19.4. The van der Waals surface area contributed by atoms with Crippen molar-refractivity contribution >= 4 is 0 Å². The van der Waals surface area contributed by atoms with E-state index in [-0.39, 0.29) is 12.4 Å². The van der Waals surface area contributed by atoms with E-state index in [9.17, 15) is 9.50 Å². The highest BCUT2D eigenvalue weighted by molar-refractivity contribution is 5.19. The number of rotatable bonds is 7. The molecule has 0 aromatic heterocycles. The first kappa shape index (κ1) is 15.6. The van der Waals surface area contributed by atoms with Crippen LogP contribution >= 0.6 is 0 Å². The van der Waals surface area contributed by atoms with Gasteiger partial charge in [0.25, 0.3) is 0 Å². The topological polar surface area (TPSA) is 43.7 Å². The highest BCUT2D eigenvalue weighted by Crippen LogP contribution is 2.16. The molecule has 0 fully saturated rings. The number of aliphatic hydroxyl groups is 2. The van der Waals surface area contributed by atoms with E-state index >= 15 is 0 Å². The maximum absolute atomic E-state index is 12.9. The van der Waals surface area contributed by atoms with Gasteiger partial charge in [-0.15, -0.1) is 0 Å². The van der Waals surface area contributed by atoms with Crippen LogP contribution in [0.5, 0.6) is 0 Å². The third-order valence-electron chi connectivity index (χ3n) is 3.35. The molecule has 2 rings (SSSR count).